The van der Waals surface area contributed by atoms with Crippen molar-refractivity contribution in [3.63, 3.8) is 0 Å². The number of carbonyl (C=O) groups excluding carboxylic acids is 3. The molecule has 7 heteroatoms. The van der Waals surface area contributed by atoms with E-state index in [-0.39, 0.29) is 29.4 Å². The Balaban J connectivity index is 1.68. The Kier molecular flexibility index (Phi) is 4.23. The van der Waals surface area contributed by atoms with Crippen LogP contribution in [-0.4, -0.2) is 46.3 Å². The molecule has 2 heterocycles. The highest BCUT2D eigenvalue weighted by Gasteiger charge is 2.51. The molecule has 0 saturated carbocycles. The smallest absolute Gasteiger partial charge is 0.355 e. The highest BCUT2D eigenvalue weighted by Crippen LogP contribution is 2.39. The molecule has 3 rings (SSSR count). The monoisotopic (exact) mass is 332 g/mol. The molecule has 120 valence electrons. The summed E-state index contributed by atoms with van der Waals surface area (Å²) in [7, 11) is 0. The predicted molar refractivity (Wildman–Crippen MR) is 85.5 cm³/mol. The molecule has 2 atom stereocenters. The Morgan fingerprint density at radius 1 is 1.35 bits per heavy atom. The molecule has 6 nitrogen and oxygen atoms in total. The summed E-state index contributed by atoms with van der Waals surface area (Å²) in [4.78, 5) is 37.6. The van der Waals surface area contributed by atoms with Gasteiger partial charge in [-0.1, -0.05) is 30.3 Å². The van der Waals surface area contributed by atoms with Crippen LogP contribution < -0.4 is 5.73 Å². The molecular formula is C16H16N2O4S. The predicted octanol–water partition coefficient (Wildman–Crippen LogP) is 0.929. The highest BCUT2D eigenvalue weighted by molar-refractivity contribution is 8.00. The van der Waals surface area contributed by atoms with Gasteiger partial charge in [-0.15, -0.1) is 11.8 Å². The summed E-state index contributed by atoms with van der Waals surface area (Å²) < 4.78 is 5.11. The number of hydrogen-bond acceptors (Lipinski definition) is 6. The average molecular weight is 332 g/mol. The Hall–Kier alpha value is -2.12. The standard InChI is InChI=1S/C16H16N2O4S/c1-9-8-23-15-12(17)14(20)18(15)13(9)16(21)22-7-11(19)10-5-3-2-4-6-10/h2-6,12,15H,7-8,17H2,1H3/t12?,15-/m1/s1. The maximum absolute atomic E-state index is 12.3. The fourth-order valence-corrected chi connectivity index (χ4v) is 3.81. The molecule has 1 aromatic carbocycles. The van der Waals surface area contributed by atoms with Gasteiger partial charge in [-0.3, -0.25) is 14.5 Å². The first-order chi connectivity index (χ1) is 11.0. The SMILES string of the molecule is CC1=C(C(=O)OCC(=O)c2ccccc2)N2C(=O)C(N)[C@H]2SC1. The molecule has 1 unspecified atom stereocenters. The second-order valence-corrected chi connectivity index (χ2v) is 6.53. The number of hydrogen-bond donors (Lipinski definition) is 1. The number of benzene rings is 1. The zero-order valence-corrected chi connectivity index (χ0v) is 13.3. The fourth-order valence-electron chi connectivity index (χ4n) is 2.57. The number of nitrogens with zero attached hydrogens (tertiary/aromatic N) is 1. The molecule has 1 aromatic rings. The van der Waals surface area contributed by atoms with Crippen LogP contribution in [0.5, 0.6) is 0 Å². The molecule has 2 aliphatic heterocycles. The minimum Gasteiger partial charge on any atom is -0.453 e. The van der Waals surface area contributed by atoms with Crippen molar-refractivity contribution >= 4 is 29.4 Å². The van der Waals surface area contributed by atoms with Crippen LogP contribution in [-0.2, 0) is 14.3 Å². The summed E-state index contributed by atoms with van der Waals surface area (Å²) >= 11 is 1.52. The van der Waals surface area contributed by atoms with E-state index >= 15 is 0 Å². The van der Waals surface area contributed by atoms with Crippen LogP contribution in [0.15, 0.2) is 41.6 Å². The van der Waals surface area contributed by atoms with Crippen LogP contribution in [0.25, 0.3) is 0 Å². The van der Waals surface area contributed by atoms with Crippen molar-refractivity contribution in [2.24, 2.45) is 5.73 Å². The van der Waals surface area contributed by atoms with Gasteiger partial charge in [0.1, 0.15) is 17.1 Å². The summed E-state index contributed by atoms with van der Waals surface area (Å²) in [6.45, 7) is 1.42. The molecule has 0 aromatic heterocycles. The first-order valence-electron chi connectivity index (χ1n) is 7.16. The molecule has 0 radical (unpaired) electrons. The first kappa shape index (κ1) is 15.8. The van der Waals surface area contributed by atoms with Gasteiger partial charge >= 0.3 is 5.97 Å². The number of ketones is 1. The molecule has 1 fully saturated rings. The second kappa shape index (κ2) is 6.17. The summed E-state index contributed by atoms with van der Waals surface area (Å²) in [6, 6.07) is 8.02. The number of Topliss-reactive ketones (excluding diaryl/α,β-unsaturated/α-hetero) is 1. The number of esters is 1. The normalized spacial score (nSPS) is 23.2. The van der Waals surface area contributed by atoms with Crippen LogP contribution >= 0.6 is 11.8 Å². The van der Waals surface area contributed by atoms with Gasteiger partial charge in [0.05, 0.1) is 0 Å². The molecule has 1 saturated heterocycles. The number of fused-ring (bicyclic) bond motifs is 1. The summed E-state index contributed by atoms with van der Waals surface area (Å²) in [5, 5.41) is -0.224. The number of thioether (sulfide) groups is 1. The average Bonchev–Trinajstić information content (AvgIpc) is 2.59. The van der Waals surface area contributed by atoms with Gasteiger partial charge in [0, 0.05) is 11.3 Å². The molecule has 0 aliphatic carbocycles. The lowest BCUT2D eigenvalue weighted by Crippen LogP contribution is -2.68. The van der Waals surface area contributed by atoms with Crippen molar-refractivity contribution in [3.8, 4) is 0 Å². The van der Waals surface area contributed by atoms with Crippen molar-refractivity contribution < 1.29 is 19.1 Å². The summed E-state index contributed by atoms with van der Waals surface area (Å²) in [5.41, 5.74) is 7.20. The third-order valence-corrected chi connectivity index (χ3v) is 5.27. The minimum atomic E-state index is -0.655. The molecule has 0 bridgehead atoms. The van der Waals surface area contributed by atoms with Gasteiger partial charge in [-0.25, -0.2) is 4.79 Å². The van der Waals surface area contributed by atoms with Crippen LogP contribution in [0.2, 0.25) is 0 Å². The lowest BCUT2D eigenvalue weighted by Gasteiger charge is -2.48. The van der Waals surface area contributed by atoms with E-state index in [0.717, 1.165) is 5.57 Å². The van der Waals surface area contributed by atoms with Gasteiger partial charge in [-0.05, 0) is 12.5 Å². The number of rotatable bonds is 4. The molecule has 1 amide bonds. The quantitative estimate of drug-likeness (QED) is 0.501. The van der Waals surface area contributed by atoms with E-state index in [1.165, 1.54) is 16.7 Å². The Morgan fingerprint density at radius 3 is 2.74 bits per heavy atom. The Labute approximate surface area is 137 Å². The van der Waals surface area contributed by atoms with Gasteiger partial charge < -0.3 is 10.5 Å². The number of ether oxygens (including phenoxy) is 1. The van der Waals surface area contributed by atoms with Crippen LogP contribution in [0.1, 0.15) is 17.3 Å². The molecular weight excluding hydrogens is 316 g/mol. The van der Waals surface area contributed by atoms with Crippen LogP contribution in [0.3, 0.4) is 0 Å². The van der Waals surface area contributed by atoms with Crippen LogP contribution in [0, 0.1) is 0 Å². The maximum atomic E-state index is 12.3. The third kappa shape index (κ3) is 2.77. The maximum Gasteiger partial charge on any atom is 0.355 e. The van der Waals surface area contributed by atoms with E-state index in [4.69, 9.17) is 10.5 Å². The van der Waals surface area contributed by atoms with E-state index in [1.807, 2.05) is 0 Å². The molecule has 0 spiro atoms. The molecule has 2 N–H and O–H groups in total. The van der Waals surface area contributed by atoms with Gasteiger partial charge in [-0.2, -0.15) is 0 Å². The minimum absolute atomic E-state index is 0.223. The number of nitrogens with two attached hydrogens (primary N) is 1. The van der Waals surface area contributed by atoms with Crippen LogP contribution in [0.4, 0.5) is 0 Å². The van der Waals surface area contributed by atoms with E-state index in [9.17, 15) is 14.4 Å². The number of amides is 1. The Morgan fingerprint density at radius 2 is 2.04 bits per heavy atom. The van der Waals surface area contributed by atoms with Crippen molar-refractivity contribution in [3.05, 3.63) is 47.2 Å². The highest BCUT2D eigenvalue weighted by atomic mass is 32.2. The van der Waals surface area contributed by atoms with E-state index in [1.54, 1.807) is 37.3 Å². The van der Waals surface area contributed by atoms with Gasteiger partial charge in [0.2, 0.25) is 5.91 Å². The number of β-lactam (4-membered cyclic amide) rings is 1. The van der Waals surface area contributed by atoms with Crippen molar-refractivity contribution in [1.82, 2.24) is 4.90 Å². The topological polar surface area (TPSA) is 89.7 Å². The first-order valence-corrected chi connectivity index (χ1v) is 8.21. The summed E-state index contributed by atoms with van der Waals surface area (Å²) in [6.07, 6.45) is 0. The largest absolute Gasteiger partial charge is 0.453 e. The second-order valence-electron chi connectivity index (χ2n) is 5.43. The van der Waals surface area contributed by atoms with Crippen molar-refractivity contribution in [2.45, 2.75) is 18.3 Å². The Bertz CT molecular complexity index is 701. The van der Waals surface area contributed by atoms with E-state index < -0.39 is 12.0 Å². The van der Waals surface area contributed by atoms with E-state index in [0.29, 0.717) is 11.3 Å². The fraction of sp³-hybridized carbons (Fsp3) is 0.312. The lowest BCUT2D eigenvalue weighted by molar-refractivity contribution is -0.150. The zero-order valence-electron chi connectivity index (χ0n) is 12.5. The van der Waals surface area contributed by atoms with Crippen molar-refractivity contribution in [2.75, 3.05) is 12.4 Å². The van der Waals surface area contributed by atoms with Gasteiger partial charge in [0.25, 0.3) is 0 Å². The van der Waals surface area contributed by atoms with Gasteiger partial charge in [0.15, 0.2) is 12.4 Å². The summed E-state index contributed by atoms with van der Waals surface area (Å²) in [5.74, 6) is -0.620. The molecule has 23 heavy (non-hydrogen) atoms. The number of carbonyl (C=O) groups is 3. The zero-order chi connectivity index (χ0) is 16.6. The third-order valence-electron chi connectivity index (χ3n) is 3.82. The molecule has 2 aliphatic rings. The van der Waals surface area contributed by atoms with Crippen molar-refractivity contribution in [1.29, 1.82) is 0 Å². The van der Waals surface area contributed by atoms with E-state index in [2.05, 4.69) is 0 Å². The lowest BCUT2D eigenvalue weighted by atomic mass is 10.0.